The summed E-state index contributed by atoms with van der Waals surface area (Å²) in [7, 11) is 0. The second kappa shape index (κ2) is 9.56. The third kappa shape index (κ3) is 5.25. The SMILES string of the molecule is O=C(Cc1ccc(Cl)cc1)Nc1cccc(SCc2nnnn2-c2ccccc2)c1. The second-order valence-corrected chi connectivity index (χ2v) is 8.00. The molecule has 0 aliphatic carbocycles. The summed E-state index contributed by atoms with van der Waals surface area (Å²) in [5.41, 5.74) is 2.58. The van der Waals surface area contributed by atoms with Crippen LogP contribution in [0.4, 0.5) is 5.69 Å². The maximum absolute atomic E-state index is 12.3. The van der Waals surface area contributed by atoms with Gasteiger partial charge in [-0.1, -0.05) is 48.0 Å². The molecule has 6 nitrogen and oxygen atoms in total. The number of benzene rings is 3. The molecule has 4 rings (SSSR count). The van der Waals surface area contributed by atoms with Gasteiger partial charge in [0.2, 0.25) is 5.91 Å². The molecule has 0 saturated carbocycles. The van der Waals surface area contributed by atoms with Gasteiger partial charge in [0.1, 0.15) is 0 Å². The van der Waals surface area contributed by atoms with Crippen molar-refractivity contribution in [3.63, 3.8) is 0 Å². The molecule has 1 amide bonds. The molecular weight excluding hydrogens is 418 g/mol. The summed E-state index contributed by atoms with van der Waals surface area (Å²) in [6, 6.07) is 24.8. The van der Waals surface area contributed by atoms with Gasteiger partial charge in [-0.2, -0.15) is 4.68 Å². The van der Waals surface area contributed by atoms with Gasteiger partial charge in [-0.3, -0.25) is 4.79 Å². The van der Waals surface area contributed by atoms with E-state index < -0.39 is 0 Å². The number of anilines is 1. The maximum Gasteiger partial charge on any atom is 0.228 e. The van der Waals surface area contributed by atoms with Crippen molar-refractivity contribution in [1.29, 1.82) is 0 Å². The summed E-state index contributed by atoms with van der Waals surface area (Å²) in [5.74, 6) is 1.28. The number of para-hydroxylation sites is 1. The molecule has 0 radical (unpaired) electrons. The van der Waals surface area contributed by atoms with Gasteiger partial charge in [-0.05, 0) is 58.5 Å². The molecule has 3 aromatic carbocycles. The quantitative estimate of drug-likeness (QED) is 0.422. The van der Waals surface area contributed by atoms with E-state index in [1.54, 1.807) is 28.6 Å². The predicted molar refractivity (Wildman–Crippen MR) is 119 cm³/mol. The second-order valence-electron chi connectivity index (χ2n) is 6.51. The molecule has 0 unspecified atom stereocenters. The van der Waals surface area contributed by atoms with Crippen LogP contribution in [-0.4, -0.2) is 26.1 Å². The van der Waals surface area contributed by atoms with Gasteiger partial charge in [-0.25, -0.2) is 0 Å². The maximum atomic E-state index is 12.3. The van der Waals surface area contributed by atoms with Crippen molar-refractivity contribution in [2.45, 2.75) is 17.1 Å². The Labute approximate surface area is 183 Å². The standard InChI is InChI=1S/C22H18ClN5OS/c23-17-11-9-16(10-12-17)13-22(29)24-18-5-4-8-20(14-18)30-15-21-25-26-27-28(21)19-6-2-1-3-7-19/h1-12,14H,13,15H2,(H,24,29). The van der Waals surface area contributed by atoms with Gasteiger partial charge < -0.3 is 5.32 Å². The van der Waals surface area contributed by atoms with Gasteiger partial charge in [0.25, 0.3) is 0 Å². The van der Waals surface area contributed by atoms with E-state index in [0.29, 0.717) is 17.2 Å². The molecule has 4 aromatic rings. The van der Waals surface area contributed by atoms with Crippen molar-refractivity contribution in [1.82, 2.24) is 20.2 Å². The molecule has 1 heterocycles. The van der Waals surface area contributed by atoms with Crippen LogP contribution in [0.15, 0.2) is 83.8 Å². The van der Waals surface area contributed by atoms with Gasteiger partial charge in [0.05, 0.1) is 17.9 Å². The first-order valence-electron chi connectivity index (χ1n) is 9.27. The minimum Gasteiger partial charge on any atom is -0.326 e. The van der Waals surface area contributed by atoms with Gasteiger partial charge >= 0.3 is 0 Å². The molecular formula is C22H18ClN5OS. The molecule has 0 bridgehead atoms. The van der Waals surface area contributed by atoms with Gasteiger partial charge in [0, 0.05) is 15.6 Å². The van der Waals surface area contributed by atoms with Crippen molar-refractivity contribution in [2.24, 2.45) is 0 Å². The summed E-state index contributed by atoms with van der Waals surface area (Å²) < 4.78 is 1.73. The summed E-state index contributed by atoms with van der Waals surface area (Å²) in [5, 5.41) is 15.6. The normalized spacial score (nSPS) is 10.7. The van der Waals surface area contributed by atoms with Crippen molar-refractivity contribution in [3.05, 3.63) is 95.3 Å². The Kier molecular flexibility index (Phi) is 6.41. The van der Waals surface area contributed by atoms with E-state index in [1.165, 1.54) is 0 Å². The number of aromatic nitrogens is 4. The van der Waals surface area contributed by atoms with Gasteiger partial charge in [0.15, 0.2) is 5.82 Å². The third-order valence-electron chi connectivity index (χ3n) is 4.30. The first kappa shape index (κ1) is 20.1. The van der Waals surface area contributed by atoms with E-state index in [2.05, 4.69) is 20.8 Å². The third-order valence-corrected chi connectivity index (χ3v) is 5.54. The van der Waals surface area contributed by atoms with E-state index in [1.807, 2.05) is 66.7 Å². The number of hydrogen-bond acceptors (Lipinski definition) is 5. The van der Waals surface area contributed by atoms with Gasteiger partial charge in [-0.15, -0.1) is 16.9 Å². The molecule has 0 spiro atoms. The van der Waals surface area contributed by atoms with Crippen molar-refractivity contribution >= 4 is 35.0 Å². The van der Waals surface area contributed by atoms with E-state index in [9.17, 15) is 4.79 Å². The Balaban J connectivity index is 1.38. The summed E-state index contributed by atoms with van der Waals surface area (Å²) >= 11 is 7.49. The van der Waals surface area contributed by atoms with E-state index in [4.69, 9.17) is 11.6 Å². The number of carbonyl (C=O) groups is 1. The number of nitrogens with zero attached hydrogens (tertiary/aromatic N) is 4. The Hall–Kier alpha value is -3.16. The van der Waals surface area contributed by atoms with Crippen LogP contribution in [0.5, 0.6) is 0 Å². The molecule has 8 heteroatoms. The molecule has 1 aromatic heterocycles. The number of thioether (sulfide) groups is 1. The number of nitrogens with one attached hydrogen (secondary N) is 1. The molecule has 0 aliphatic rings. The number of halogens is 1. The minimum absolute atomic E-state index is 0.0764. The number of rotatable bonds is 7. The van der Waals surface area contributed by atoms with Crippen LogP contribution in [0.25, 0.3) is 5.69 Å². The fraction of sp³-hybridized carbons (Fsp3) is 0.0909. The largest absolute Gasteiger partial charge is 0.326 e. The van der Waals surface area contributed by atoms with E-state index in [0.717, 1.165) is 27.7 Å². The highest BCUT2D eigenvalue weighted by Crippen LogP contribution is 2.25. The Morgan fingerprint density at radius 2 is 1.80 bits per heavy atom. The number of hydrogen-bond donors (Lipinski definition) is 1. The van der Waals surface area contributed by atoms with E-state index in [-0.39, 0.29) is 5.91 Å². The van der Waals surface area contributed by atoms with Crippen LogP contribution in [0.2, 0.25) is 5.02 Å². The molecule has 0 saturated heterocycles. The van der Waals surface area contributed by atoms with Crippen LogP contribution in [0.1, 0.15) is 11.4 Å². The first-order valence-corrected chi connectivity index (χ1v) is 10.6. The fourth-order valence-electron chi connectivity index (χ4n) is 2.87. The molecule has 0 atom stereocenters. The smallest absolute Gasteiger partial charge is 0.228 e. The van der Waals surface area contributed by atoms with E-state index >= 15 is 0 Å². The zero-order valence-corrected chi connectivity index (χ0v) is 17.5. The zero-order chi connectivity index (χ0) is 20.8. The average molecular weight is 436 g/mol. The lowest BCUT2D eigenvalue weighted by atomic mass is 10.1. The zero-order valence-electron chi connectivity index (χ0n) is 15.9. The lowest BCUT2D eigenvalue weighted by Crippen LogP contribution is -2.14. The topological polar surface area (TPSA) is 72.7 Å². The Morgan fingerprint density at radius 3 is 2.60 bits per heavy atom. The highest BCUT2D eigenvalue weighted by Gasteiger charge is 2.10. The Morgan fingerprint density at radius 1 is 1.00 bits per heavy atom. The highest BCUT2D eigenvalue weighted by atomic mass is 35.5. The van der Waals surface area contributed by atoms with Crippen LogP contribution in [0, 0.1) is 0 Å². The molecule has 150 valence electrons. The summed E-state index contributed by atoms with van der Waals surface area (Å²) in [4.78, 5) is 13.4. The Bertz CT molecular complexity index is 1130. The highest BCUT2D eigenvalue weighted by molar-refractivity contribution is 7.98. The van der Waals surface area contributed by atoms with Crippen molar-refractivity contribution in [2.75, 3.05) is 5.32 Å². The lowest BCUT2D eigenvalue weighted by molar-refractivity contribution is -0.115. The summed E-state index contributed by atoms with van der Waals surface area (Å²) in [6.07, 6.45) is 0.292. The monoisotopic (exact) mass is 435 g/mol. The number of amides is 1. The molecule has 0 aliphatic heterocycles. The summed E-state index contributed by atoms with van der Waals surface area (Å²) in [6.45, 7) is 0. The fourth-order valence-corrected chi connectivity index (χ4v) is 3.86. The average Bonchev–Trinajstić information content (AvgIpc) is 3.23. The lowest BCUT2D eigenvalue weighted by Gasteiger charge is -2.08. The van der Waals surface area contributed by atoms with Crippen LogP contribution in [-0.2, 0) is 17.0 Å². The molecule has 30 heavy (non-hydrogen) atoms. The minimum atomic E-state index is -0.0764. The van der Waals surface area contributed by atoms with Crippen LogP contribution >= 0.6 is 23.4 Å². The van der Waals surface area contributed by atoms with Crippen molar-refractivity contribution < 1.29 is 4.79 Å². The molecule has 0 fully saturated rings. The number of tetrazole rings is 1. The van der Waals surface area contributed by atoms with Crippen LogP contribution in [0.3, 0.4) is 0 Å². The predicted octanol–water partition coefficient (Wildman–Crippen LogP) is 4.79. The van der Waals surface area contributed by atoms with Crippen LogP contribution < -0.4 is 5.32 Å². The first-order chi connectivity index (χ1) is 14.7. The number of carbonyl (C=O) groups excluding carboxylic acids is 1. The van der Waals surface area contributed by atoms with Crippen molar-refractivity contribution in [3.8, 4) is 5.69 Å². The molecule has 1 N–H and O–H groups in total.